The number of rotatable bonds is 3. The summed E-state index contributed by atoms with van der Waals surface area (Å²) in [6.45, 7) is 1.37. The van der Waals surface area contributed by atoms with E-state index in [2.05, 4.69) is 16.2 Å². The van der Waals surface area contributed by atoms with Crippen LogP contribution in [-0.4, -0.2) is 38.9 Å². The molecule has 7 nitrogen and oxygen atoms in total. The van der Waals surface area contributed by atoms with Crippen LogP contribution in [0.2, 0.25) is 0 Å². The van der Waals surface area contributed by atoms with Crippen LogP contribution in [0.1, 0.15) is 22.6 Å². The van der Waals surface area contributed by atoms with E-state index in [0.717, 1.165) is 24.9 Å². The third-order valence-electron chi connectivity index (χ3n) is 3.34. The van der Waals surface area contributed by atoms with Crippen LogP contribution in [0.15, 0.2) is 29.0 Å². The van der Waals surface area contributed by atoms with Crippen LogP contribution in [0.3, 0.4) is 0 Å². The number of nitrogens with zero attached hydrogens (tertiary/aromatic N) is 4. The molecule has 1 N–H and O–H groups in total. The summed E-state index contributed by atoms with van der Waals surface area (Å²) >= 11 is 0. The average Bonchev–Trinajstić information content (AvgIpc) is 3.07. The second-order valence-corrected chi connectivity index (χ2v) is 4.59. The van der Waals surface area contributed by atoms with Gasteiger partial charge < -0.3 is 14.4 Å². The average molecular weight is 274 g/mol. The molecule has 2 aromatic heterocycles. The van der Waals surface area contributed by atoms with Crippen molar-refractivity contribution in [3.05, 3.63) is 36.0 Å². The van der Waals surface area contributed by atoms with Crippen LogP contribution in [-0.2, 0) is 7.05 Å². The summed E-state index contributed by atoms with van der Waals surface area (Å²) in [4.78, 5) is 16.6. The first-order valence-corrected chi connectivity index (χ1v) is 6.26. The van der Waals surface area contributed by atoms with Crippen LogP contribution in [0.25, 0.3) is 5.57 Å². The molecule has 0 bridgehead atoms. The smallest absolute Gasteiger partial charge is 0.357 e. The van der Waals surface area contributed by atoms with E-state index in [1.54, 1.807) is 6.20 Å². The molecule has 0 amide bonds. The van der Waals surface area contributed by atoms with Gasteiger partial charge in [-0.25, -0.2) is 4.79 Å². The number of hydrogen-bond donors (Lipinski definition) is 1. The number of oxazole rings is 1. The van der Waals surface area contributed by atoms with Crippen LogP contribution < -0.4 is 4.90 Å². The first-order valence-electron chi connectivity index (χ1n) is 6.26. The summed E-state index contributed by atoms with van der Waals surface area (Å²) in [7, 11) is 1.91. The normalized spacial score (nSPS) is 15.2. The summed E-state index contributed by atoms with van der Waals surface area (Å²) in [5.41, 5.74) is 2.26. The number of anilines is 1. The van der Waals surface area contributed by atoms with E-state index in [4.69, 9.17) is 9.52 Å². The Kier molecular flexibility index (Phi) is 3.02. The minimum atomic E-state index is -1.08. The molecular weight excluding hydrogens is 260 g/mol. The summed E-state index contributed by atoms with van der Waals surface area (Å²) in [5, 5.41) is 13.0. The minimum Gasteiger partial charge on any atom is -0.476 e. The Balaban J connectivity index is 1.76. The molecule has 1 aliphatic heterocycles. The van der Waals surface area contributed by atoms with Gasteiger partial charge in [-0.05, 0) is 18.1 Å². The fourth-order valence-electron chi connectivity index (χ4n) is 2.27. The molecule has 3 heterocycles. The van der Waals surface area contributed by atoms with Crippen LogP contribution in [0.4, 0.5) is 6.01 Å². The van der Waals surface area contributed by atoms with Gasteiger partial charge in [-0.1, -0.05) is 6.08 Å². The highest BCUT2D eigenvalue weighted by Gasteiger charge is 2.20. The van der Waals surface area contributed by atoms with Crippen molar-refractivity contribution in [1.82, 2.24) is 14.8 Å². The maximum absolute atomic E-state index is 10.8. The fraction of sp³-hybridized carbons (Fsp3) is 0.308. The Hall–Kier alpha value is -2.57. The molecule has 0 spiro atoms. The number of carbonyl (C=O) groups is 1. The van der Waals surface area contributed by atoms with Gasteiger partial charge in [0.2, 0.25) is 0 Å². The van der Waals surface area contributed by atoms with Crippen LogP contribution in [0.5, 0.6) is 0 Å². The van der Waals surface area contributed by atoms with Gasteiger partial charge in [0.05, 0.1) is 5.69 Å². The molecule has 0 atom stereocenters. The lowest BCUT2D eigenvalue weighted by Gasteiger charge is -2.24. The molecule has 20 heavy (non-hydrogen) atoms. The Bertz CT molecular complexity index is 671. The van der Waals surface area contributed by atoms with Gasteiger partial charge in [0.1, 0.15) is 6.26 Å². The van der Waals surface area contributed by atoms with E-state index in [-0.39, 0.29) is 5.69 Å². The molecule has 7 heteroatoms. The molecule has 1 aliphatic rings. The van der Waals surface area contributed by atoms with Crippen molar-refractivity contribution >= 4 is 17.6 Å². The molecule has 0 unspecified atom stereocenters. The SMILES string of the molecule is Cn1nccc1C1=CCN(c2nc(C(=O)O)co2)CC1. The van der Waals surface area contributed by atoms with Crippen molar-refractivity contribution in [2.75, 3.05) is 18.0 Å². The predicted molar refractivity (Wildman–Crippen MR) is 71.5 cm³/mol. The standard InChI is InChI=1S/C13H14N4O3/c1-16-11(2-5-14-16)9-3-6-17(7-4-9)13-15-10(8-20-13)12(18)19/h2-3,5,8H,4,6-7H2,1H3,(H,18,19). The first-order chi connectivity index (χ1) is 9.65. The van der Waals surface area contributed by atoms with Gasteiger partial charge in [-0.2, -0.15) is 10.1 Å². The molecule has 0 saturated heterocycles. The zero-order chi connectivity index (χ0) is 14.1. The Morgan fingerprint density at radius 3 is 2.90 bits per heavy atom. The molecule has 0 aromatic carbocycles. The summed E-state index contributed by atoms with van der Waals surface area (Å²) in [5.74, 6) is -1.08. The number of aromatic carboxylic acids is 1. The number of hydrogen-bond acceptors (Lipinski definition) is 5. The van der Waals surface area contributed by atoms with E-state index in [1.807, 2.05) is 22.7 Å². The highest BCUT2D eigenvalue weighted by Crippen LogP contribution is 2.24. The maximum Gasteiger partial charge on any atom is 0.357 e. The molecule has 2 aromatic rings. The molecule has 3 rings (SSSR count). The quantitative estimate of drug-likeness (QED) is 0.910. The molecule has 0 radical (unpaired) electrons. The van der Waals surface area contributed by atoms with Crippen molar-refractivity contribution in [3.8, 4) is 0 Å². The number of carboxylic acids is 1. The fourth-order valence-corrected chi connectivity index (χ4v) is 2.27. The van der Waals surface area contributed by atoms with Gasteiger partial charge in [-0.3, -0.25) is 4.68 Å². The van der Waals surface area contributed by atoms with E-state index in [0.29, 0.717) is 12.6 Å². The molecule has 0 fully saturated rings. The molecule has 0 saturated carbocycles. The van der Waals surface area contributed by atoms with Gasteiger partial charge >= 0.3 is 5.97 Å². The second kappa shape index (κ2) is 4.84. The van der Waals surface area contributed by atoms with Crippen molar-refractivity contribution < 1.29 is 14.3 Å². The van der Waals surface area contributed by atoms with Gasteiger partial charge in [-0.15, -0.1) is 0 Å². The van der Waals surface area contributed by atoms with Gasteiger partial charge in [0.15, 0.2) is 5.69 Å². The summed E-state index contributed by atoms with van der Waals surface area (Å²) in [6, 6.07) is 2.33. The Morgan fingerprint density at radius 1 is 1.50 bits per heavy atom. The van der Waals surface area contributed by atoms with Crippen LogP contribution >= 0.6 is 0 Å². The highest BCUT2D eigenvalue weighted by molar-refractivity contribution is 5.85. The predicted octanol–water partition coefficient (Wildman–Crippen LogP) is 1.40. The number of aromatic nitrogens is 3. The van der Waals surface area contributed by atoms with Crippen molar-refractivity contribution in [2.45, 2.75) is 6.42 Å². The van der Waals surface area contributed by atoms with Gasteiger partial charge in [0.25, 0.3) is 6.01 Å². The Morgan fingerprint density at radius 2 is 2.35 bits per heavy atom. The van der Waals surface area contributed by atoms with Gasteiger partial charge in [0, 0.05) is 26.3 Å². The maximum atomic E-state index is 10.8. The van der Waals surface area contributed by atoms with E-state index < -0.39 is 5.97 Å². The lowest BCUT2D eigenvalue weighted by atomic mass is 10.1. The van der Waals surface area contributed by atoms with E-state index in [9.17, 15) is 4.79 Å². The van der Waals surface area contributed by atoms with E-state index >= 15 is 0 Å². The topological polar surface area (TPSA) is 84.4 Å². The molecule has 0 aliphatic carbocycles. The zero-order valence-electron chi connectivity index (χ0n) is 11.0. The van der Waals surface area contributed by atoms with Crippen molar-refractivity contribution in [3.63, 3.8) is 0 Å². The third kappa shape index (κ3) is 2.18. The number of aryl methyl sites for hydroxylation is 1. The highest BCUT2D eigenvalue weighted by atomic mass is 16.4. The monoisotopic (exact) mass is 274 g/mol. The van der Waals surface area contributed by atoms with E-state index in [1.165, 1.54) is 5.57 Å². The zero-order valence-corrected chi connectivity index (χ0v) is 11.0. The largest absolute Gasteiger partial charge is 0.476 e. The van der Waals surface area contributed by atoms with Crippen molar-refractivity contribution in [1.29, 1.82) is 0 Å². The molecule has 104 valence electrons. The Labute approximate surface area is 115 Å². The second-order valence-electron chi connectivity index (χ2n) is 4.59. The van der Waals surface area contributed by atoms with Crippen LogP contribution in [0, 0.1) is 0 Å². The lowest BCUT2D eigenvalue weighted by molar-refractivity contribution is 0.0690. The lowest BCUT2D eigenvalue weighted by Crippen LogP contribution is -2.28. The number of carboxylic acid groups (broad SMARTS) is 1. The summed E-state index contributed by atoms with van der Waals surface area (Å²) in [6.07, 6.45) is 5.86. The minimum absolute atomic E-state index is 0.0681. The first kappa shape index (κ1) is 12.5. The van der Waals surface area contributed by atoms with Crippen molar-refractivity contribution in [2.24, 2.45) is 7.05 Å². The molecular formula is C13H14N4O3. The summed E-state index contributed by atoms with van der Waals surface area (Å²) < 4.78 is 7.04. The third-order valence-corrected chi connectivity index (χ3v) is 3.34.